The highest BCUT2D eigenvalue weighted by Gasteiger charge is 2.32. The van der Waals surface area contributed by atoms with Crippen LogP contribution in [0.3, 0.4) is 0 Å². The van der Waals surface area contributed by atoms with E-state index in [1.807, 2.05) is 12.3 Å². The fourth-order valence-corrected chi connectivity index (χ4v) is 4.31. The molecule has 2 aromatic heterocycles. The lowest BCUT2D eigenvalue weighted by Crippen LogP contribution is -2.37. The van der Waals surface area contributed by atoms with E-state index in [4.69, 9.17) is 9.15 Å². The van der Waals surface area contributed by atoms with Gasteiger partial charge in [-0.25, -0.2) is 0 Å². The van der Waals surface area contributed by atoms with Crippen LogP contribution in [0.25, 0.3) is 10.9 Å². The lowest BCUT2D eigenvalue weighted by molar-refractivity contribution is 0.0417. The topological polar surface area (TPSA) is 67.2 Å². The molecule has 2 saturated heterocycles. The number of benzene rings is 1. The summed E-state index contributed by atoms with van der Waals surface area (Å²) in [5.74, 6) is 1.87. The zero-order valence-corrected chi connectivity index (χ0v) is 14.9. The van der Waals surface area contributed by atoms with E-state index in [1.54, 1.807) is 0 Å². The second kappa shape index (κ2) is 6.85. The summed E-state index contributed by atoms with van der Waals surface area (Å²) in [5.41, 5.74) is 2.34. The number of aromatic nitrogens is 3. The van der Waals surface area contributed by atoms with Gasteiger partial charge >= 0.3 is 0 Å². The number of nitrogens with one attached hydrogen (secondary N) is 1. The van der Waals surface area contributed by atoms with Gasteiger partial charge in [0.05, 0.1) is 12.3 Å². The Kier molecular flexibility index (Phi) is 4.22. The third-order valence-corrected chi connectivity index (χ3v) is 5.78. The molecule has 1 aromatic carbocycles. The van der Waals surface area contributed by atoms with Crippen molar-refractivity contribution in [1.29, 1.82) is 0 Å². The van der Waals surface area contributed by atoms with Gasteiger partial charge in [0.1, 0.15) is 0 Å². The van der Waals surface area contributed by atoms with Crippen LogP contribution in [0.4, 0.5) is 0 Å². The van der Waals surface area contributed by atoms with Crippen LogP contribution in [-0.2, 0) is 11.2 Å². The molecule has 1 N–H and O–H groups in total. The summed E-state index contributed by atoms with van der Waals surface area (Å²) in [6.45, 7) is 3.93. The highest BCUT2D eigenvalue weighted by Crippen LogP contribution is 2.30. The first-order valence-corrected chi connectivity index (χ1v) is 9.56. The molecule has 0 saturated carbocycles. The van der Waals surface area contributed by atoms with Gasteiger partial charge in [-0.15, -0.1) is 10.2 Å². The summed E-state index contributed by atoms with van der Waals surface area (Å²) >= 11 is 0. The van der Waals surface area contributed by atoms with Gasteiger partial charge in [-0.1, -0.05) is 18.2 Å². The van der Waals surface area contributed by atoms with Gasteiger partial charge < -0.3 is 14.1 Å². The first-order valence-electron chi connectivity index (χ1n) is 9.56. The van der Waals surface area contributed by atoms with Gasteiger partial charge in [-0.2, -0.15) is 0 Å². The molecule has 5 rings (SSSR count). The summed E-state index contributed by atoms with van der Waals surface area (Å²) in [4.78, 5) is 5.89. The molecule has 3 aromatic rings. The molecule has 0 amide bonds. The maximum absolute atomic E-state index is 6.04. The van der Waals surface area contributed by atoms with Crippen molar-refractivity contribution in [3.8, 4) is 0 Å². The van der Waals surface area contributed by atoms with Crippen molar-refractivity contribution in [3.63, 3.8) is 0 Å². The average Bonchev–Trinajstić information content (AvgIpc) is 3.43. The predicted octanol–water partition coefficient (Wildman–Crippen LogP) is 3.11. The van der Waals surface area contributed by atoms with E-state index in [0.717, 1.165) is 57.0 Å². The Hall–Kier alpha value is -2.18. The molecule has 26 heavy (non-hydrogen) atoms. The Labute approximate surface area is 152 Å². The van der Waals surface area contributed by atoms with Gasteiger partial charge in [0.25, 0.3) is 0 Å². The first-order chi connectivity index (χ1) is 12.9. The van der Waals surface area contributed by atoms with E-state index < -0.39 is 0 Å². The normalized spacial score (nSPS) is 22.4. The van der Waals surface area contributed by atoms with Gasteiger partial charge in [0.2, 0.25) is 11.8 Å². The Morgan fingerprint density at radius 2 is 2.00 bits per heavy atom. The quantitative estimate of drug-likeness (QED) is 0.781. The van der Waals surface area contributed by atoms with Gasteiger partial charge in [0.15, 0.2) is 0 Å². The molecule has 0 spiro atoms. The van der Waals surface area contributed by atoms with Gasteiger partial charge in [-0.05, 0) is 37.4 Å². The molecule has 0 radical (unpaired) electrons. The molecule has 1 atom stereocenters. The second-order valence-corrected chi connectivity index (χ2v) is 7.39. The fraction of sp³-hybridized carbons (Fsp3) is 0.500. The molecular weight excluding hydrogens is 328 g/mol. The minimum atomic E-state index is 0.363. The van der Waals surface area contributed by atoms with Crippen LogP contribution in [0.5, 0.6) is 0 Å². The molecule has 0 bridgehead atoms. The van der Waals surface area contributed by atoms with Crippen molar-refractivity contribution < 1.29 is 9.15 Å². The SMILES string of the molecule is c1ccc2c(Cc3nnc([C@H]4CCN(C5CCOCC5)C4)o3)c[nH]c2c1. The first kappa shape index (κ1) is 16.0. The van der Waals surface area contributed by atoms with Crippen LogP contribution in [0.15, 0.2) is 34.9 Å². The van der Waals surface area contributed by atoms with E-state index in [9.17, 15) is 0 Å². The van der Waals surface area contributed by atoms with Crippen molar-refractivity contribution in [2.24, 2.45) is 0 Å². The van der Waals surface area contributed by atoms with Crippen LogP contribution in [0.2, 0.25) is 0 Å². The van der Waals surface area contributed by atoms with E-state index >= 15 is 0 Å². The minimum Gasteiger partial charge on any atom is -0.425 e. The molecule has 6 heteroatoms. The smallest absolute Gasteiger partial charge is 0.221 e. The molecule has 0 aliphatic carbocycles. The molecular formula is C20H24N4O2. The highest BCUT2D eigenvalue weighted by atomic mass is 16.5. The number of nitrogens with zero attached hydrogens (tertiary/aromatic N) is 3. The second-order valence-electron chi connectivity index (χ2n) is 7.39. The van der Waals surface area contributed by atoms with Crippen molar-refractivity contribution in [2.75, 3.05) is 26.3 Å². The van der Waals surface area contributed by atoms with Crippen molar-refractivity contribution in [1.82, 2.24) is 20.1 Å². The van der Waals surface area contributed by atoms with Crippen LogP contribution in [0, 0.1) is 0 Å². The molecule has 2 aliphatic heterocycles. The summed E-state index contributed by atoms with van der Waals surface area (Å²) in [5, 5.41) is 9.89. The molecule has 0 unspecified atom stereocenters. The largest absolute Gasteiger partial charge is 0.425 e. The van der Waals surface area contributed by atoms with E-state index in [1.165, 1.54) is 10.9 Å². The Morgan fingerprint density at radius 1 is 1.12 bits per heavy atom. The Bertz CT molecular complexity index is 881. The predicted molar refractivity (Wildman–Crippen MR) is 98.2 cm³/mol. The standard InChI is InChI=1S/C20H24N4O2/c1-2-4-18-17(3-1)15(12-21-18)11-19-22-23-20(26-19)14-5-8-24(13-14)16-6-9-25-10-7-16/h1-4,12,14,16,21H,5-11,13H2/t14-/m0/s1. The number of para-hydroxylation sites is 1. The zero-order chi connectivity index (χ0) is 17.3. The molecule has 2 fully saturated rings. The van der Waals surface area contributed by atoms with Crippen LogP contribution in [0.1, 0.15) is 42.5 Å². The van der Waals surface area contributed by atoms with Crippen LogP contribution < -0.4 is 0 Å². The Balaban J connectivity index is 1.27. The number of rotatable bonds is 4. The van der Waals surface area contributed by atoms with Crippen LogP contribution in [-0.4, -0.2) is 52.4 Å². The van der Waals surface area contributed by atoms with E-state index in [0.29, 0.717) is 24.3 Å². The van der Waals surface area contributed by atoms with Crippen molar-refractivity contribution in [3.05, 3.63) is 47.8 Å². The van der Waals surface area contributed by atoms with E-state index in [-0.39, 0.29) is 0 Å². The average molecular weight is 352 g/mol. The van der Waals surface area contributed by atoms with Gasteiger partial charge in [0, 0.05) is 42.9 Å². The van der Waals surface area contributed by atoms with Crippen LogP contribution >= 0.6 is 0 Å². The number of aromatic amines is 1. The number of likely N-dealkylation sites (tertiary alicyclic amines) is 1. The lowest BCUT2D eigenvalue weighted by Gasteiger charge is -2.30. The summed E-state index contributed by atoms with van der Waals surface area (Å²) < 4.78 is 11.5. The van der Waals surface area contributed by atoms with Gasteiger partial charge in [-0.3, -0.25) is 4.90 Å². The third kappa shape index (κ3) is 3.04. The third-order valence-electron chi connectivity index (χ3n) is 5.78. The summed E-state index contributed by atoms with van der Waals surface area (Å²) in [7, 11) is 0. The molecule has 2 aliphatic rings. The molecule has 6 nitrogen and oxygen atoms in total. The number of hydrogen-bond acceptors (Lipinski definition) is 5. The maximum atomic E-state index is 6.04. The monoisotopic (exact) mass is 352 g/mol. The van der Waals surface area contributed by atoms with E-state index in [2.05, 4.69) is 38.3 Å². The fourth-order valence-electron chi connectivity index (χ4n) is 4.31. The summed E-state index contributed by atoms with van der Waals surface area (Å²) in [6, 6.07) is 8.96. The lowest BCUT2D eigenvalue weighted by atomic mass is 10.1. The number of fused-ring (bicyclic) bond motifs is 1. The number of ether oxygens (including phenoxy) is 1. The number of hydrogen-bond donors (Lipinski definition) is 1. The summed E-state index contributed by atoms with van der Waals surface area (Å²) in [6.07, 6.45) is 6.10. The highest BCUT2D eigenvalue weighted by molar-refractivity contribution is 5.83. The number of H-pyrrole nitrogens is 1. The minimum absolute atomic E-state index is 0.363. The van der Waals surface area contributed by atoms with Crippen molar-refractivity contribution in [2.45, 2.75) is 37.6 Å². The maximum Gasteiger partial charge on any atom is 0.221 e. The molecule has 136 valence electrons. The van der Waals surface area contributed by atoms with Crippen molar-refractivity contribution >= 4 is 10.9 Å². The zero-order valence-electron chi connectivity index (χ0n) is 14.9. The Morgan fingerprint density at radius 3 is 2.92 bits per heavy atom. The molecule has 4 heterocycles.